The molecule has 0 aromatic heterocycles. The minimum absolute atomic E-state index is 0.110. The number of nitrogens with one attached hydrogen (secondary N) is 1. The van der Waals surface area contributed by atoms with Crippen molar-refractivity contribution < 1.29 is 14.3 Å². The van der Waals surface area contributed by atoms with E-state index in [2.05, 4.69) is 34.5 Å². The number of ether oxygens (including phenoxy) is 2. The molecule has 2 aromatic carbocycles. The molecule has 5 nitrogen and oxygen atoms in total. The Morgan fingerprint density at radius 3 is 2.36 bits per heavy atom. The molecule has 1 heterocycles. The van der Waals surface area contributed by atoms with Gasteiger partial charge in [0.2, 0.25) is 5.91 Å². The van der Waals surface area contributed by atoms with E-state index in [1.807, 2.05) is 32.3 Å². The van der Waals surface area contributed by atoms with Gasteiger partial charge in [-0.15, -0.1) is 0 Å². The van der Waals surface area contributed by atoms with E-state index in [0.717, 1.165) is 54.0 Å². The molecule has 1 N–H and O–H groups in total. The maximum Gasteiger partial charge on any atom is 0.230 e. The smallest absolute Gasteiger partial charge is 0.230 e. The minimum Gasteiger partial charge on any atom is -0.486 e. The Hall–Kier alpha value is -2.69. The van der Waals surface area contributed by atoms with Crippen molar-refractivity contribution >= 4 is 11.6 Å². The van der Waals surface area contributed by atoms with Gasteiger partial charge in [-0.05, 0) is 48.2 Å². The lowest BCUT2D eigenvalue weighted by atomic mass is 9.77. The molecule has 0 atom stereocenters. The fraction of sp³-hybridized carbons (Fsp3) is 0.435. The van der Waals surface area contributed by atoms with Crippen molar-refractivity contribution in [3.8, 4) is 11.5 Å². The standard InChI is InChI=1S/C23H28N2O3/c1-25(2)19-8-5-17(6-9-19)16-24-22(26)23(11-3-4-12-23)18-7-10-20-21(15-18)28-14-13-27-20/h5-10,15H,3-4,11-14,16H2,1-2H3,(H,24,26). The molecule has 0 saturated heterocycles. The van der Waals surface area contributed by atoms with Gasteiger partial charge in [0, 0.05) is 26.3 Å². The molecular formula is C23H28N2O3. The van der Waals surface area contributed by atoms with E-state index < -0.39 is 5.41 Å². The number of carbonyl (C=O) groups excluding carboxylic acids is 1. The number of fused-ring (bicyclic) bond motifs is 1. The lowest BCUT2D eigenvalue weighted by molar-refractivity contribution is -0.126. The van der Waals surface area contributed by atoms with Crippen LogP contribution < -0.4 is 19.7 Å². The molecule has 1 aliphatic carbocycles. The number of hydrogen-bond donors (Lipinski definition) is 1. The average molecular weight is 380 g/mol. The van der Waals surface area contributed by atoms with Crippen LogP contribution in [0.5, 0.6) is 11.5 Å². The summed E-state index contributed by atoms with van der Waals surface area (Å²) in [5.41, 5.74) is 2.82. The van der Waals surface area contributed by atoms with Crippen LogP contribution in [0.4, 0.5) is 5.69 Å². The Kier molecular flexibility index (Phi) is 5.16. The summed E-state index contributed by atoms with van der Waals surface area (Å²) in [4.78, 5) is 15.4. The highest BCUT2D eigenvalue weighted by atomic mass is 16.6. The van der Waals surface area contributed by atoms with Crippen LogP contribution in [0.1, 0.15) is 36.8 Å². The Labute approximate surface area is 166 Å². The second-order valence-corrected chi connectivity index (χ2v) is 7.89. The number of hydrogen-bond acceptors (Lipinski definition) is 4. The Morgan fingerprint density at radius 2 is 1.68 bits per heavy atom. The summed E-state index contributed by atoms with van der Waals surface area (Å²) in [6, 6.07) is 14.3. The molecule has 4 rings (SSSR count). The third-order valence-corrected chi connectivity index (χ3v) is 5.89. The van der Waals surface area contributed by atoms with Gasteiger partial charge in [0.25, 0.3) is 0 Å². The molecule has 5 heteroatoms. The number of carbonyl (C=O) groups is 1. The molecule has 1 amide bonds. The second kappa shape index (κ2) is 7.74. The van der Waals surface area contributed by atoms with Gasteiger partial charge in [0.1, 0.15) is 13.2 Å². The predicted molar refractivity (Wildman–Crippen MR) is 110 cm³/mol. The zero-order chi connectivity index (χ0) is 19.6. The third kappa shape index (κ3) is 3.53. The lowest BCUT2D eigenvalue weighted by Gasteiger charge is -2.30. The molecule has 0 bridgehead atoms. The SMILES string of the molecule is CN(C)c1ccc(CNC(=O)C2(c3ccc4c(c3)OCCO4)CCCC2)cc1. The fourth-order valence-electron chi connectivity index (χ4n) is 4.23. The van der Waals surface area contributed by atoms with E-state index in [9.17, 15) is 4.79 Å². The van der Waals surface area contributed by atoms with Crippen LogP contribution in [0.15, 0.2) is 42.5 Å². The molecule has 0 unspecified atom stereocenters. The van der Waals surface area contributed by atoms with Crippen molar-refractivity contribution in [3.05, 3.63) is 53.6 Å². The van der Waals surface area contributed by atoms with E-state index in [0.29, 0.717) is 19.8 Å². The van der Waals surface area contributed by atoms with Crippen molar-refractivity contribution in [3.63, 3.8) is 0 Å². The molecule has 0 radical (unpaired) electrons. The molecule has 1 aliphatic heterocycles. The van der Waals surface area contributed by atoms with Crippen LogP contribution >= 0.6 is 0 Å². The molecule has 28 heavy (non-hydrogen) atoms. The number of nitrogens with zero attached hydrogens (tertiary/aromatic N) is 1. The summed E-state index contributed by atoms with van der Waals surface area (Å²) >= 11 is 0. The van der Waals surface area contributed by atoms with Crippen LogP contribution in [0, 0.1) is 0 Å². The van der Waals surface area contributed by atoms with Gasteiger partial charge in [0.05, 0.1) is 5.41 Å². The Morgan fingerprint density at radius 1 is 1.00 bits per heavy atom. The second-order valence-electron chi connectivity index (χ2n) is 7.89. The molecule has 1 saturated carbocycles. The van der Waals surface area contributed by atoms with Gasteiger partial charge >= 0.3 is 0 Å². The van der Waals surface area contributed by atoms with Crippen LogP contribution in [0.25, 0.3) is 0 Å². The largest absolute Gasteiger partial charge is 0.486 e. The topological polar surface area (TPSA) is 50.8 Å². The van der Waals surface area contributed by atoms with Gasteiger partial charge in [-0.25, -0.2) is 0 Å². The monoisotopic (exact) mass is 380 g/mol. The van der Waals surface area contributed by atoms with Crippen LogP contribution in [0.2, 0.25) is 0 Å². The molecule has 148 valence electrons. The normalized spacial score (nSPS) is 17.2. The lowest BCUT2D eigenvalue weighted by Crippen LogP contribution is -2.42. The highest BCUT2D eigenvalue weighted by molar-refractivity contribution is 5.88. The van der Waals surface area contributed by atoms with Crippen molar-refractivity contribution in [2.45, 2.75) is 37.6 Å². The number of rotatable bonds is 5. The average Bonchev–Trinajstić information content (AvgIpc) is 3.23. The molecule has 2 aliphatic rings. The summed E-state index contributed by atoms with van der Waals surface area (Å²) in [6.07, 6.45) is 3.88. The summed E-state index contributed by atoms with van der Waals surface area (Å²) in [6.45, 7) is 1.67. The Bertz CT molecular complexity index is 839. The van der Waals surface area contributed by atoms with E-state index >= 15 is 0 Å². The van der Waals surface area contributed by atoms with E-state index in [-0.39, 0.29) is 5.91 Å². The first-order chi connectivity index (χ1) is 13.6. The van der Waals surface area contributed by atoms with Crippen molar-refractivity contribution in [2.24, 2.45) is 0 Å². The van der Waals surface area contributed by atoms with E-state index in [1.54, 1.807) is 0 Å². The van der Waals surface area contributed by atoms with Gasteiger partial charge in [-0.1, -0.05) is 31.0 Å². The molecule has 2 aromatic rings. The number of anilines is 1. The molecule has 1 fully saturated rings. The third-order valence-electron chi connectivity index (χ3n) is 5.89. The number of amides is 1. The zero-order valence-electron chi connectivity index (χ0n) is 16.7. The zero-order valence-corrected chi connectivity index (χ0v) is 16.7. The van der Waals surface area contributed by atoms with Crippen LogP contribution in [0.3, 0.4) is 0 Å². The highest BCUT2D eigenvalue weighted by Crippen LogP contribution is 2.44. The van der Waals surface area contributed by atoms with E-state index in [1.165, 1.54) is 0 Å². The fourth-order valence-corrected chi connectivity index (χ4v) is 4.23. The number of benzene rings is 2. The maximum atomic E-state index is 13.3. The first kappa shape index (κ1) is 18.7. The minimum atomic E-state index is -0.473. The van der Waals surface area contributed by atoms with Crippen LogP contribution in [-0.2, 0) is 16.8 Å². The maximum absolute atomic E-state index is 13.3. The molecular weight excluding hydrogens is 352 g/mol. The summed E-state index contributed by atoms with van der Waals surface area (Å²) < 4.78 is 11.4. The summed E-state index contributed by atoms with van der Waals surface area (Å²) in [5.74, 6) is 1.63. The quantitative estimate of drug-likeness (QED) is 0.860. The van der Waals surface area contributed by atoms with Gasteiger partial charge in [-0.3, -0.25) is 4.79 Å². The van der Waals surface area contributed by atoms with E-state index in [4.69, 9.17) is 9.47 Å². The van der Waals surface area contributed by atoms with Gasteiger partial charge in [-0.2, -0.15) is 0 Å². The van der Waals surface area contributed by atoms with Gasteiger partial charge < -0.3 is 19.7 Å². The Balaban J connectivity index is 1.51. The first-order valence-corrected chi connectivity index (χ1v) is 10.0. The first-order valence-electron chi connectivity index (χ1n) is 10.0. The summed E-state index contributed by atoms with van der Waals surface area (Å²) in [5, 5.41) is 3.18. The van der Waals surface area contributed by atoms with Crippen molar-refractivity contribution in [1.29, 1.82) is 0 Å². The summed E-state index contributed by atoms with van der Waals surface area (Å²) in [7, 11) is 4.04. The van der Waals surface area contributed by atoms with Crippen molar-refractivity contribution in [2.75, 3.05) is 32.2 Å². The van der Waals surface area contributed by atoms with Crippen molar-refractivity contribution in [1.82, 2.24) is 5.32 Å². The molecule has 0 spiro atoms. The van der Waals surface area contributed by atoms with Crippen LogP contribution in [-0.4, -0.2) is 33.2 Å². The highest BCUT2D eigenvalue weighted by Gasteiger charge is 2.43. The predicted octanol–water partition coefficient (Wildman–Crippen LogP) is 3.65. The van der Waals surface area contributed by atoms with Gasteiger partial charge in [0.15, 0.2) is 11.5 Å².